The average molecular weight is 367 g/mol. The van der Waals surface area contributed by atoms with Gasteiger partial charge in [0.25, 0.3) is 0 Å². The molecule has 6 heteroatoms. The molecule has 0 unspecified atom stereocenters. The molecule has 0 amide bonds. The lowest BCUT2D eigenvalue weighted by Crippen LogP contribution is -2.44. The van der Waals surface area contributed by atoms with Crippen LogP contribution in [0.1, 0.15) is 11.1 Å². The smallest absolute Gasteiger partial charge is 0.193 e. The molecule has 3 rings (SSSR count). The van der Waals surface area contributed by atoms with E-state index in [9.17, 15) is 0 Å². The Kier molecular flexibility index (Phi) is 6.65. The molecule has 1 N–H and O–H groups in total. The van der Waals surface area contributed by atoms with Crippen LogP contribution in [0.2, 0.25) is 0 Å². The molecule has 27 heavy (non-hydrogen) atoms. The van der Waals surface area contributed by atoms with E-state index in [-0.39, 0.29) is 0 Å². The first-order valence-corrected chi connectivity index (χ1v) is 9.50. The van der Waals surface area contributed by atoms with E-state index < -0.39 is 0 Å². The maximum absolute atomic E-state index is 4.66. The van der Waals surface area contributed by atoms with Gasteiger partial charge in [0.1, 0.15) is 5.82 Å². The largest absolute Gasteiger partial charge is 0.354 e. The quantitative estimate of drug-likeness (QED) is 0.648. The van der Waals surface area contributed by atoms with Crippen molar-refractivity contribution >= 4 is 11.8 Å². The van der Waals surface area contributed by atoms with Crippen LogP contribution in [0.25, 0.3) is 0 Å². The lowest BCUT2D eigenvalue weighted by Gasteiger charge is -2.33. The Bertz CT molecular complexity index is 720. The third kappa shape index (κ3) is 5.44. The van der Waals surface area contributed by atoms with Crippen LogP contribution in [0.5, 0.6) is 0 Å². The van der Waals surface area contributed by atoms with Crippen LogP contribution in [0.15, 0.2) is 53.7 Å². The normalized spacial score (nSPS) is 15.7. The highest BCUT2D eigenvalue weighted by molar-refractivity contribution is 5.79. The highest BCUT2D eigenvalue weighted by Gasteiger charge is 2.15. The molecule has 0 radical (unpaired) electrons. The minimum atomic E-state index is 0.710. The molecule has 1 aliphatic rings. The predicted molar refractivity (Wildman–Crippen MR) is 112 cm³/mol. The van der Waals surface area contributed by atoms with Gasteiger partial charge in [0.05, 0.1) is 0 Å². The highest BCUT2D eigenvalue weighted by Crippen LogP contribution is 2.13. The van der Waals surface area contributed by atoms with Gasteiger partial charge in [-0.05, 0) is 24.2 Å². The van der Waals surface area contributed by atoms with Gasteiger partial charge in [-0.25, -0.2) is 4.98 Å². The standard InChI is InChI=1S/C21H30N6/c1-22-21(26(3)17-18-7-5-4-6-8-18)24-16-19-9-10-20(23-15-19)27-13-11-25(2)12-14-27/h4-10,15H,11-14,16-17H2,1-3H3,(H,22,24). The number of pyridine rings is 1. The Balaban J connectivity index is 1.52. The molecule has 1 aromatic carbocycles. The van der Waals surface area contributed by atoms with Crippen molar-refractivity contribution in [1.29, 1.82) is 0 Å². The predicted octanol–water partition coefficient (Wildman–Crippen LogP) is 2.04. The van der Waals surface area contributed by atoms with Gasteiger partial charge in [0, 0.05) is 59.6 Å². The molecule has 2 aromatic rings. The minimum absolute atomic E-state index is 0.710. The zero-order chi connectivity index (χ0) is 19.1. The lowest BCUT2D eigenvalue weighted by atomic mass is 10.2. The Labute approximate surface area is 162 Å². The van der Waals surface area contributed by atoms with Crippen LogP contribution in [-0.4, -0.2) is 68.1 Å². The number of aromatic nitrogens is 1. The molecule has 0 bridgehead atoms. The number of rotatable bonds is 5. The number of hydrogen-bond acceptors (Lipinski definition) is 4. The molecule has 1 saturated heterocycles. The molecule has 0 spiro atoms. The molecule has 1 aliphatic heterocycles. The van der Waals surface area contributed by atoms with E-state index in [0.29, 0.717) is 6.54 Å². The number of hydrogen-bond donors (Lipinski definition) is 1. The number of likely N-dealkylation sites (N-methyl/N-ethyl adjacent to an activating group) is 1. The fourth-order valence-corrected chi connectivity index (χ4v) is 3.24. The van der Waals surface area contributed by atoms with Crippen molar-refractivity contribution in [2.24, 2.45) is 4.99 Å². The fourth-order valence-electron chi connectivity index (χ4n) is 3.24. The summed E-state index contributed by atoms with van der Waals surface area (Å²) in [6.45, 7) is 5.79. The van der Waals surface area contributed by atoms with E-state index in [0.717, 1.165) is 50.1 Å². The van der Waals surface area contributed by atoms with Crippen LogP contribution in [0.3, 0.4) is 0 Å². The fraction of sp³-hybridized carbons (Fsp3) is 0.429. The maximum Gasteiger partial charge on any atom is 0.193 e. The van der Waals surface area contributed by atoms with Crippen molar-refractivity contribution in [2.45, 2.75) is 13.1 Å². The SMILES string of the molecule is CN=C(NCc1ccc(N2CCN(C)CC2)nc1)N(C)Cc1ccccc1. The summed E-state index contributed by atoms with van der Waals surface area (Å²) in [5.74, 6) is 1.94. The number of anilines is 1. The second kappa shape index (κ2) is 9.37. The number of benzene rings is 1. The zero-order valence-electron chi connectivity index (χ0n) is 16.6. The van der Waals surface area contributed by atoms with E-state index in [4.69, 9.17) is 0 Å². The first-order valence-electron chi connectivity index (χ1n) is 9.50. The molecular weight excluding hydrogens is 336 g/mol. The number of nitrogens with zero attached hydrogens (tertiary/aromatic N) is 5. The Hall–Kier alpha value is -2.60. The van der Waals surface area contributed by atoms with Gasteiger partial charge in [-0.3, -0.25) is 4.99 Å². The molecule has 0 atom stereocenters. The van der Waals surface area contributed by atoms with E-state index in [1.807, 2.05) is 19.3 Å². The average Bonchev–Trinajstić information content (AvgIpc) is 2.70. The highest BCUT2D eigenvalue weighted by atomic mass is 15.3. The van der Waals surface area contributed by atoms with E-state index >= 15 is 0 Å². The van der Waals surface area contributed by atoms with E-state index in [2.05, 4.69) is 80.5 Å². The second-order valence-electron chi connectivity index (χ2n) is 7.06. The minimum Gasteiger partial charge on any atom is -0.354 e. The van der Waals surface area contributed by atoms with Crippen LogP contribution in [0, 0.1) is 0 Å². The van der Waals surface area contributed by atoms with Crippen LogP contribution < -0.4 is 10.2 Å². The molecule has 2 heterocycles. The van der Waals surface area contributed by atoms with Crippen molar-refractivity contribution in [2.75, 3.05) is 52.2 Å². The summed E-state index contributed by atoms with van der Waals surface area (Å²) in [5, 5.41) is 3.43. The first kappa shape index (κ1) is 19.2. The number of piperazine rings is 1. The number of aliphatic imine (C=N–C) groups is 1. The summed E-state index contributed by atoms with van der Waals surface area (Å²) in [7, 11) is 6.04. The topological polar surface area (TPSA) is 47.0 Å². The molecule has 6 nitrogen and oxygen atoms in total. The van der Waals surface area contributed by atoms with Gasteiger partial charge in [0.2, 0.25) is 0 Å². The summed E-state index contributed by atoms with van der Waals surface area (Å²) in [5.41, 5.74) is 2.42. The Morgan fingerprint density at radius 1 is 1.07 bits per heavy atom. The summed E-state index contributed by atoms with van der Waals surface area (Å²) in [4.78, 5) is 15.9. The second-order valence-corrected chi connectivity index (χ2v) is 7.06. The van der Waals surface area contributed by atoms with Gasteiger partial charge in [-0.2, -0.15) is 0 Å². The monoisotopic (exact) mass is 366 g/mol. The van der Waals surface area contributed by atoms with Gasteiger partial charge in [-0.1, -0.05) is 36.4 Å². The molecule has 144 valence electrons. The summed E-state index contributed by atoms with van der Waals surface area (Å²) in [6, 6.07) is 14.7. The third-order valence-corrected chi connectivity index (χ3v) is 4.92. The summed E-state index contributed by atoms with van der Waals surface area (Å²) < 4.78 is 0. The molecule has 1 fully saturated rings. The molecule has 0 saturated carbocycles. The van der Waals surface area contributed by atoms with Crippen LogP contribution in [-0.2, 0) is 13.1 Å². The van der Waals surface area contributed by atoms with Gasteiger partial charge >= 0.3 is 0 Å². The van der Waals surface area contributed by atoms with Crippen molar-refractivity contribution in [1.82, 2.24) is 20.1 Å². The maximum atomic E-state index is 4.66. The van der Waals surface area contributed by atoms with Gasteiger partial charge in [0.15, 0.2) is 5.96 Å². The van der Waals surface area contributed by atoms with Crippen LogP contribution in [0.4, 0.5) is 5.82 Å². The van der Waals surface area contributed by atoms with Crippen molar-refractivity contribution < 1.29 is 0 Å². The number of guanidine groups is 1. The molecular formula is C21H30N6. The van der Waals surface area contributed by atoms with Crippen molar-refractivity contribution in [3.63, 3.8) is 0 Å². The van der Waals surface area contributed by atoms with Gasteiger partial charge < -0.3 is 20.0 Å². The molecule has 0 aliphatic carbocycles. The van der Waals surface area contributed by atoms with Crippen LogP contribution >= 0.6 is 0 Å². The van der Waals surface area contributed by atoms with Gasteiger partial charge in [-0.15, -0.1) is 0 Å². The first-order chi connectivity index (χ1) is 13.2. The van der Waals surface area contributed by atoms with E-state index in [1.165, 1.54) is 5.56 Å². The Morgan fingerprint density at radius 3 is 2.44 bits per heavy atom. The van der Waals surface area contributed by atoms with E-state index in [1.54, 1.807) is 0 Å². The summed E-state index contributed by atoms with van der Waals surface area (Å²) >= 11 is 0. The van der Waals surface area contributed by atoms with Crippen molar-refractivity contribution in [3.8, 4) is 0 Å². The number of nitrogens with one attached hydrogen (secondary N) is 1. The lowest BCUT2D eigenvalue weighted by molar-refractivity contribution is 0.312. The molecule has 1 aromatic heterocycles. The Morgan fingerprint density at radius 2 is 1.81 bits per heavy atom. The third-order valence-electron chi connectivity index (χ3n) is 4.92. The zero-order valence-corrected chi connectivity index (χ0v) is 16.6. The van der Waals surface area contributed by atoms with Crippen molar-refractivity contribution in [3.05, 3.63) is 59.8 Å². The summed E-state index contributed by atoms with van der Waals surface area (Å²) in [6.07, 6.45) is 1.96.